The Hall–Kier alpha value is -2.01. The number of rotatable bonds is 6. The minimum absolute atomic E-state index is 0.00636. The molecule has 0 bridgehead atoms. The van der Waals surface area contributed by atoms with Gasteiger partial charge in [-0.05, 0) is 81.3 Å². The molecule has 2 aromatic rings. The molecule has 2 aliphatic heterocycles. The molecule has 2 saturated heterocycles. The van der Waals surface area contributed by atoms with Gasteiger partial charge >= 0.3 is 0 Å². The molecule has 4 rings (SSSR count). The standard InChI is InChI=1S/C26H35FN2O5S2/c1-19(35(30,31)20-9-11-21(12-10-20)36(32,33)28(4)5)22-7-6-8-23(27)24(22)29-15-13-26(14-16-29)17-25(2,3)34-18-26/h6-12,19H,13-18H2,1-5H3. The number of nitrogens with zero attached hydrogens (tertiary/aromatic N) is 2. The van der Waals surface area contributed by atoms with Gasteiger partial charge in [0.1, 0.15) is 5.82 Å². The monoisotopic (exact) mass is 538 g/mol. The smallest absolute Gasteiger partial charge is 0.242 e. The molecule has 1 spiro atoms. The quantitative estimate of drug-likeness (QED) is 0.542. The molecule has 10 heteroatoms. The lowest BCUT2D eigenvalue weighted by Crippen LogP contribution is -2.42. The molecule has 7 nitrogen and oxygen atoms in total. The summed E-state index contributed by atoms with van der Waals surface area (Å²) in [5.74, 6) is -0.444. The highest BCUT2D eigenvalue weighted by Gasteiger charge is 2.46. The third-order valence-corrected chi connectivity index (χ3v) is 11.5. The third kappa shape index (κ3) is 4.92. The van der Waals surface area contributed by atoms with E-state index in [4.69, 9.17) is 4.74 Å². The van der Waals surface area contributed by atoms with Crippen LogP contribution in [0.4, 0.5) is 10.1 Å². The number of piperidine rings is 1. The highest BCUT2D eigenvalue weighted by molar-refractivity contribution is 7.91. The molecule has 0 saturated carbocycles. The van der Waals surface area contributed by atoms with Gasteiger partial charge in [0, 0.05) is 27.2 Å². The summed E-state index contributed by atoms with van der Waals surface area (Å²) in [6.07, 6.45) is 2.67. The van der Waals surface area contributed by atoms with Crippen LogP contribution < -0.4 is 4.90 Å². The zero-order chi connectivity index (χ0) is 26.5. The van der Waals surface area contributed by atoms with Crippen LogP contribution in [0, 0.1) is 11.2 Å². The van der Waals surface area contributed by atoms with E-state index in [9.17, 15) is 16.8 Å². The van der Waals surface area contributed by atoms with E-state index in [1.807, 2.05) is 4.90 Å². The van der Waals surface area contributed by atoms with Gasteiger partial charge in [-0.25, -0.2) is 25.5 Å². The van der Waals surface area contributed by atoms with E-state index >= 15 is 4.39 Å². The normalized spacial score (nSPS) is 20.7. The number of hydrogen-bond donors (Lipinski definition) is 0. The summed E-state index contributed by atoms with van der Waals surface area (Å²) in [6, 6.07) is 9.74. The molecule has 0 aliphatic carbocycles. The van der Waals surface area contributed by atoms with Crippen molar-refractivity contribution in [2.45, 2.75) is 60.7 Å². The average Bonchev–Trinajstić information content (AvgIpc) is 3.13. The minimum atomic E-state index is -3.91. The molecule has 0 aromatic heterocycles. The number of anilines is 1. The molecule has 1 atom stereocenters. The zero-order valence-electron chi connectivity index (χ0n) is 21.5. The van der Waals surface area contributed by atoms with Gasteiger partial charge in [-0.1, -0.05) is 12.1 Å². The molecular formula is C26H35FN2O5S2. The largest absolute Gasteiger partial charge is 0.375 e. The van der Waals surface area contributed by atoms with Crippen LogP contribution in [-0.2, 0) is 24.6 Å². The van der Waals surface area contributed by atoms with Crippen LogP contribution in [0.3, 0.4) is 0 Å². The summed E-state index contributed by atoms with van der Waals surface area (Å²) in [5, 5.41) is -1.02. The molecule has 36 heavy (non-hydrogen) atoms. The fourth-order valence-corrected chi connectivity index (χ4v) is 7.81. The second-order valence-corrected chi connectivity index (χ2v) is 15.3. The predicted molar refractivity (Wildman–Crippen MR) is 138 cm³/mol. The lowest BCUT2D eigenvalue weighted by Gasteiger charge is -2.41. The zero-order valence-corrected chi connectivity index (χ0v) is 23.1. The Morgan fingerprint density at radius 2 is 1.56 bits per heavy atom. The van der Waals surface area contributed by atoms with E-state index in [0.717, 1.165) is 23.6 Å². The number of sulfone groups is 1. The molecule has 2 aliphatic rings. The van der Waals surface area contributed by atoms with Crippen molar-refractivity contribution in [2.75, 3.05) is 38.7 Å². The lowest BCUT2D eigenvalue weighted by molar-refractivity contribution is 0.0295. The molecule has 2 aromatic carbocycles. The van der Waals surface area contributed by atoms with E-state index in [1.165, 1.54) is 50.5 Å². The van der Waals surface area contributed by atoms with E-state index in [-0.39, 0.29) is 20.8 Å². The highest BCUT2D eigenvalue weighted by atomic mass is 32.2. The lowest BCUT2D eigenvalue weighted by atomic mass is 9.74. The first-order valence-electron chi connectivity index (χ1n) is 12.1. The Balaban J connectivity index is 1.61. The van der Waals surface area contributed by atoms with Crippen LogP contribution in [0.5, 0.6) is 0 Å². The van der Waals surface area contributed by atoms with Crippen molar-refractivity contribution in [1.29, 1.82) is 0 Å². The first-order chi connectivity index (χ1) is 16.7. The van der Waals surface area contributed by atoms with Crippen molar-refractivity contribution in [2.24, 2.45) is 5.41 Å². The Morgan fingerprint density at radius 3 is 2.08 bits per heavy atom. The van der Waals surface area contributed by atoms with Crippen LogP contribution in [0.1, 0.15) is 50.8 Å². The fourth-order valence-electron chi connectivity index (χ4n) is 5.46. The first-order valence-corrected chi connectivity index (χ1v) is 15.1. The Morgan fingerprint density at radius 1 is 0.972 bits per heavy atom. The third-order valence-electron chi connectivity index (χ3n) is 7.56. The number of ether oxygens (including phenoxy) is 1. The maximum absolute atomic E-state index is 15.2. The Bertz CT molecular complexity index is 1330. The highest BCUT2D eigenvalue weighted by Crippen LogP contribution is 2.47. The van der Waals surface area contributed by atoms with Crippen LogP contribution >= 0.6 is 0 Å². The SMILES string of the molecule is CC(c1cccc(F)c1N1CCC2(CC1)COC(C)(C)C2)S(=O)(=O)c1ccc(S(=O)(=O)N(C)C)cc1. The maximum atomic E-state index is 15.2. The fraction of sp³-hybridized carbons (Fsp3) is 0.538. The number of halogens is 1. The minimum Gasteiger partial charge on any atom is -0.375 e. The van der Waals surface area contributed by atoms with Crippen molar-refractivity contribution in [1.82, 2.24) is 4.31 Å². The summed E-state index contributed by atoms with van der Waals surface area (Å²) in [7, 11) is -4.77. The van der Waals surface area contributed by atoms with E-state index in [0.29, 0.717) is 30.9 Å². The molecule has 0 N–H and O–H groups in total. The predicted octanol–water partition coefficient (Wildman–Crippen LogP) is 4.40. The Labute approximate surface area is 214 Å². The van der Waals surface area contributed by atoms with Gasteiger partial charge in [0.25, 0.3) is 0 Å². The number of hydrogen-bond acceptors (Lipinski definition) is 6. The second-order valence-electron chi connectivity index (χ2n) is 10.8. The molecule has 0 radical (unpaired) electrons. The van der Waals surface area contributed by atoms with Crippen LogP contribution in [0.25, 0.3) is 0 Å². The van der Waals surface area contributed by atoms with Gasteiger partial charge in [-0.3, -0.25) is 0 Å². The summed E-state index contributed by atoms with van der Waals surface area (Å²) >= 11 is 0. The average molecular weight is 539 g/mol. The topological polar surface area (TPSA) is 84.0 Å². The number of sulfonamides is 1. The van der Waals surface area contributed by atoms with E-state index in [1.54, 1.807) is 13.0 Å². The van der Waals surface area contributed by atoms with Gasteiger partial charge in [0.05, 0.1) is 32.9 Å². The van der Waals surface area contributed by atoms with E-state index < -0.39 is 30.9 Å². The summed E-state index contributed by atoms with van der Waals surface area (Å²) in [4.78, 5) is 1.96. The van der Waals surface area contributed by atoms with Crippen molar-refractivity contribution in [3.05, 3.63) is 53.8 Å². The van der Waals surface area contributed by atoms with Crippen molar-refractivity contribution in [3.63, 3.8) is 0 Å². The molecule has 0 amide bonds. The number of benzene rings is 2. The summed E-state index contributed by atoms with van der Waals surface area (Å²) in [5.41, 5.74) is 0.653. The number of para-hydroxylation sites is 1. The van der Waals surface area contributed by atoms with Gasteiger partial charge in [-0.15, -0.1) is 0 Å². The van der Waals surface area contributed by atoms with Crippen LogP contribution in [-0.4, -0.2) is 60.5 Å². The maximum Gasteiger partial charge on any atom is 0.242 e. The van der Waals surface area contributed by atoms with Crippen LogP contribution in [0.2, 0.25) is 0 Å². The van der Waals surface area contributed by atoms with Gasteiger partial charge in [-0.2, -0.15) is 0 Å². The molecule has 2 fully saturated rings. The van der Waals surface area contributed by atoms with Gasteiger partial charge in [0.15, 0.2) is 9.84 Å². The Kier molecular flexibility index (Phi) is 7.05. The van der Waals surface area contributed by atoms with Crippen molar-refractivity contribution >= 4 is 25.5 Å². The molecule has 198 valence electrons. The molecule has 1 unspecified atom stereocenters. The summed E-state index contributed by atoms with van der Waals surface area (Å²) < 4.78 is 74.0. The molecule has 2 heterocycles. The second kappa shape index (κ2) is 9.38. The van der Waals surface area contributed by atoms with Gasteiger partial charge < -0.3 is 9.64 Å². The van der Waals surface area contributed by atoms with Gasteiger partial charge in [0.2, 0.25) is 10.0 Å². The van der Waals surface area contributed by atoms with Crippen LogP contribution in [0.15, 0.2) is 52.3 Å². The molecular weight excluding hydrogens is 503 g/mol. The summed E-state index contributed by atoms with van der Waals surface area (Å²) in [6.45, 7) is 7.68. The van der Waals surface area contributed by atoms with Crippen molar-refractivity contribution in [3.8, 4) is 0 Å². The van der Waals surface area contributed by atoms with Crippen molar-refractivity contribution < 1.29 is 26.0 Å². The van der Waals surface area contributed by atoms with E-state index in [2.05, 4.69) is 13.8 Å². The first kappa shape index (κ1) is 27.0.